The van der Waals surface area contributed by atoms with Gasteiger partial charge in [0.05, 0.1) is 12.0 Å². The number of nitrogens with zero attached hydrogens (tertiary/aromatic N) is 1. The predicted octanol–water partition coefficient (Wildman–Crippen LogP) is 2.95. The molecule has 2 heterocycles. The first kappa shape index (κ1) is 18.2. The summed E-state index contributed by atoms with van der Waals surface area (Å²) in [5.74, 6) is 0.139. The highest BCUT2D eigenvalue weighted by Gasteiger charge is 2.44. The molecule has 27 heavy (non-hydrogen) atoms. The summed E-state index contributed by atoms with van der Waals surface area (Å²) in [5, 5.41) is 8.55. The van der Waals surface area contributed by atoms with Gasteiger partial charge in [-0.25, -0.2) is 5.48 Å². The smallest absolute Gasteiger partial charge is 0.267 e. The van der Waals surface area contributed by atoms with Gasteiger partial charge in [-0.15, -0.1) is 0 Å². The van der Waals surface area contributed by atoms with Crippen LogP contribution in [0.25, 0.3) is 6.08 Å². The molecule has 3 aliphatic rings. The summed E-state index contributed by atoms with van der Waals surface area (Å²) in [6, 6.07) is 6.10. The van der Waals surface area contributed by atoms with Gasteiger partial charge < -0.3 is 9.64 Å². The van der Waals surface area contributed by atoms with Gasteiger partial charge in [0.25, 0.3) is 5.91 Å². The van der Waals surface area contributed by atoms with Crippen molar-refractivity contribution in [2.75, 3.05) is 13.1 Å². The predicted molar refractivity (Wildman–Crippen MR) is 101 cm³/mol. The van der Waals surface area contributed by atoms with Crippen molar-refractivity contribution < 1.29 is 19.5 Å². The number of benzene rings is 1. The SMILES string of the molecule is O=C(/C=C/c1ccc2c(c1)C(=O)CC1(CCN(C3CCCC3)CC1)O2)NO. The van der Waals surface area contributed by atoms with Crippen LogP contribution in [0.1, 0.15) is 60.9 Å². The fourth-order valence-corrected chi connectivity index (χ4v) is 4.67. The number of piperidine rings is 1. The molecule has 1 saturated heterocycles. The number of amides is 1. The number of ketones is 1. The molecule has 0 radical (unpaired) electrons. The van der Waals surface area contributed by atoms with Gasteiger partial charge in [-0.3, -0.25) is 14.8 Å². The van der Waals surface area contributed by atoms with Gasteiger partial charge in [-0.1, -0.05) is 18.9 Å². The maximum absolute atomic E-state index is 12.8. The van der Waals surface area contributed by atoms with Crippen molar-refractivity contribution in [3.63, 3.8) is 0 Å². The molecule has 2 fully saturated rings. The molecular weight excluding hydrogens is 344 g/mol. The van der Waals surface area contributed by atoms with E-state index in [1.807, 2.05) is 12.1 Å². The lowest BCUT2D eigenvalue weighted by atomic mass is 9.81. The van der Waals surface area contributed by atoms with E-state index in [0.29, 0.717) is 17.7 Å². The molecule has 0 unspecified atom stereocenters. The Morgan fingerprint density at radius 3 is 2.70 bits per heavy atom. The molecule has 144 valence electrons. The lowest BCUT2D eigenvalue weighted by molar-refractivity contribution is -0.124. The Labute approximate surface area is 159 Å². The largest absolute Gasteiger partial charge is 0.486 e. The Morgan fingerprint density at radius 2 is 2.00 bits per heavy atom. The van der Waals surface area contributed by atoms with Gasteiger partial charge >= 0.3 is 0 Å². The van der Waals surface area contributed by atoms with Crippen LogP contribution in [0.2, 0.25) is 0 Å². The molecule has 6 heteroatoms. The number of ether oxygens (including phenoxy) is 1. The van der Waals surface area contributed by atoms with E-state index in [4.69, 9.17) is 9.94 Å². The van der Waals surface area contributed by atoms with Crippen LogP contribution in [-0.2, 0) is 4.79 Å². The quantitative estimate of drug-likeness (QED) is 0.486. The van der Waals surface area contributed by atoms with E-state index in [0.717, 1.165) is 37.5 Å². The summed E-state index contributed by atoms with van der Waals surface area (Å²) in [6.07, 6.45) is 10.3. The number of hydrogen-bond donors (Lipinski definition) is 2. The third kappa shape index (κ3) is 3.77. The molecule has 4 rings (SSSR count). The van der Waals surface area contributed by atoms with Crippen LogP contribution in [-0.4, -0.2) is 46.5 Å². The number of likely N-dealkylation sites (tertiary alicyclic amines) is 1. The Bertz CT molecular complexity index is 759. The zero-order valence-corrected chi connectivity index (χ0v) is 15.4. The first-order valence-electron chi connectivity index (χ1n) is 9.81. The number of hydroxylamine groups is 1. The van der Waals surface area contributed by atoms with Crippen molar-refractivity contribution in [2.24, 2.45) is 0 Å². The molecule has 0 aromatic heterocycles. The lowest BCUT2D eigenvalue weighted by Crippen LogP contribution is -2.52. The van der Waals surface area contributed by atoms with E-state index < -0.39 is 5.91 Å². The van der Waals surface area contributed by atoms with Crippen molar-refractivity contribution in [3.8, 4) is 5.75 Å². The summed E-state index contributed by atoms with van der Waals surface area (Å²) in [4.78, 5) is 26.5. The highest BCUT2D eigenvalue weighted by Crippen LogP contribution is 2.41. The average molecular weight is 370 g/mol. The van der Waals surface area contributed by atoms with Crippen LogP contribution >= 0.6 is 0 Å². The summed E-state index contributed by atoms with van der Waals surface area (Å²) in [7, 11) is 0. The molecule has 0 bridgehead atoms. The molecular formula is C21H26N2O4. The number of carbonyl (C=O) groups excluding carboxylic acids is 2. The van der Waals surface area contributed by atoms with Crippen LogP contribution in [0.15, 0.2) is 24.3 Å². The molecule has 2 aliphatic heterocycles. The molecule has 6 nitrogen and oxygen atoms in total. The number of rotatable bonds is 3. The van der Waals surface area contributed by atoms with E-state index in [1.54, 1.807) is 17.6 Å². The third-order valence-corrected chi connectivity index (χ3v) is 6.20. The third-order valence-electron chi connectivity index (χ3n) is 6.20. The van der Waals surface area contributed by atoms with Crippen LogP contribution in [0.3, 0.4) is 0 Å². The second kappa shape index (κ2) is 7.44. The van der Waals surface area contributed by atoms with Crippen LogP contribution in [0, 0.1) is 0 Å². The molecule has 1 aromatic rings. The maximum Gasteiger partial charge on any atom is 0.267 e. The maximum atomic E-state index is 12.8. The Balaban J connectivity index is 1.46. The summed E-state index contributed by atoms with van der Waals surface area (Å²) in [5.41, 5.74) is 2.48. The van der Waals surface area contributed by atoms with E-state index in [9.17, 15) is 9.59 Å². The zero-order valence-electron chi connectivity index (χ0n) is 15.4. The van der Waals surface area contributed by atoms with Gasteiger partial charge in [-0.05, 0) is 36.6 Å². The number of fused-ring (bicyclic) bond motifs is 1. The molecule has 1 spiro atoms. The van der Waals surface area contributed by atoms with Crippen molar-refractivity contribution in [1.82, 2.24) is 10.4 Å². The van der Waals surface area contributed by atoms with Crippen molar-refractivity contribution in [2.45, 2.75) is 56.6 Å². The Kier molecular flexibility index (Phi) is 5.02. The Morgan fingerprint density at radius 1 is 1.26 bits per heavy atom. The number of nitrogens with one attached hydrogen (secondary N) is 1. The highest BCUT2D eigenvalue weighted by atomic mass is 16.5. The zero-order chi connectivity index (χ0) is 18.9. The van der Waals surface area contributed by atoms with Crippen molar-refractivity contribution in [1.29, 1.82) is 0 Å². The summed E-state index contributed by atoms with van der Waals surface area (Å²) >= 11 is 0. The topological polar surface area (TPSA) is 78.9 Å². The second-order valence-electron chi connectivity index (χ2n) is 7.92. The highest BCUT2D eigenvalue weighted by molar-refractivity contribution is 6.01. The summed E-state index contributed by atoms with van der Waals surface area (Å²) in [6.45, 7) is 2.01. The van der Waals surface area contributed by atoms with Crippen LogP contribution < -0.4 is 10.2 Å². The minimum atomic E-state index is -0.608. The second-order valence-corrected chi connectivity index (χ2v) is 7.92. The molecule has 1 saturated carbocycles. The summed E-state index contributed by atoms with van der Waals surface area (Å²) < 4.78 is 6.35. The van der Waals surface area contributed by atoms with E-state index >= 15 is 0 Å². The van der Waals surface area contributed by atoms with E-state index in [-0.39, 0.29) is 11.4 Å². The van der Waals surface area contributed by atoms with Crippen molar-refractivity contribution >= 4 is 17.8 Å². The Hall–Kier alpha value is -2.18. The average Bonchev–Trinajstić information content (AvgIpc) is 3.21. The molecule has 1 aromatic carbocycles. The van der Waals surface area contributed by atoms with Gasteiger partial charge in [0.15, 0.2) is 5.78 Å². The number of Topliss-reactive ketones (excluding diaryl/α,β-unsaturated/α-hetero) is 1. The van der Waals surface area contributed by atoms with E-state index in [1.165, 1.54) is 31.8 Å². The fraction of sp³-hybridized carbons (Fsp3) is 0.524. The monoisotopic (exact) mass is 370 g/mol. The first-order chi connectivity index (χ1) is 13.1. The molecule has 2 N–H and O–H groups in total. The van der Waals surface area contributed by atoms with Gasteiger partial charge in [0.1, 0.15) is 11.4 Å². The fourth-order valence-electron chi connectivity index (χ4n) is 4.67. The van der Waals surface area contributed by atoms with Gasteiger partial charge in [0, 0.05) is 38.0 Å². The van der Waals surface area contributed by atoms with Crippen LogP contribution in [0.4, 0.5) is 0 Å². The minimum Gasteiger partial charge on any atom is -0.486 e. The molecule has 1 amide bonds. The number of carbonyl (C=O) groups is 2. The van der Waals surface area contributed by atoms with E-state index in [2.05, 4.69) is 4.90 Å². The first-order valence-corrected chi connectivity index (χ1v) is 9.81. The van der Waals surface area contributed by atoms with Gasteiger partial charge in [0.2, 0.25) is 0 Å². The lowest BCUT2D eigenvalue weighted by Gasteiger charge is -2.45. The number of hydrogen-bond acceptors (Lipinski definition) is 5. The van der Waals surface area contributed by atoms with Crippen LogP contribution in [0.5, 0.6) is 5.75 Å². The molecule has 0 atom stereocenters. The standard InChI is InChI=1S/C21H26N2O4/c24-18-14-21(9-11-23(12-10-21)16-3-1-2-4-16)27-19-7-5-15(13-17(18)19)6-8-20(25)22-26/h5-8,13,16,26H,1-4,9-12,14H2,(H,22,25)/b8-6+. The molecule has 1 aliphatic carbocycles. The van der Waals surface area contributed by atoms with Crippen molar-refractivity contribution in [3.05, 3.63) is 35.4 Å². The van der Waals surface area contributed by atoms with Gasteiger partial charge in [-0.2, -0.15) is 0 Å². The minimum absolute atomic E-state index is 0.104. The normalized spacial score (nSPS) is 22.8.